The molecule has 0 aliphatic carbocycles. The molecule has 1 unspecified atom stereocenters. The molecule has 1 saturated heterocycles. The first-order valence-electron chi connectivity index (χ1n) is 7.03. The third kappa shape index (κ3) is 4.16. The Hall–Kier alpha value is -0.640. The van der Waals surface area contributed by atoms with Crippen molar-refractivity contribution >= 4 is 11.6 Å². The Kier molecular flexibility index (Phi) is 5.61. The molecule has 4 heteroatoms. The largest absolute Gasteiger partial charge is 0.320 e. The van der Waals surface area contributed by atoms with Crippen molar-refractivity contribution in [1.82, 2.24) is 10.2 Å². The van der Waals surface area contributed by atoms with E-state index in [1.165, 1.54) is 25.3 Å². The van der Waals surface area contributed by atoms with E-state index in [1.54, 1.807) is 12.1 Å². The van der Waals surface area contributed by atoms with Gasteiger partial charge >= 0.3 is 0 Å². The summed E-state index contributed by atoms with van der Waals surface area (Å²) < 4.78 is 13.8. The highest BCUT2D eigenvalue weighted by Crippen LogP contribution is 2.24. The quantitative estimate of drug-likeness (QED) is 0.891. The Bertz CT molecular complexity index is 411. The second kappa shape index (κ2) is 7.22. The lowest BCUT2D eigenvalue weighted by atomic mass is 9.98. The fourth-order valence-corrected chi connectivity index (χ4v) is 2.98. The summed E-state index contributed by atoms with van der Waals surface area (Å²) in [5, 5.41) is 3.81. The van der Waals surface area contributed by atoms with Crippen LogP contribution in [0.4, 0.5) is 4.39 Å². The second-order valence-electron chi connectivity index (χ2n) is 5.25. The first kappa shape index (κ1) is 14.8. The monoisotopic (exact) mass is 284 g/mol. The first-order valence-corrected chi connectivity index (χ1v) is 7.41. The van der Waals surface area contributed by atoms with Crippen molar-refractivity contribution in [2.24, 2.45) is 0 Å². The normalized spacial score (nSPS) is 20.7. The van der Waals surface area contributed by atoms with Gasteiger partial charge in [-0.3, -0.25) is 4.90 Å². The molecular formula is C15H22ClFN2. The standard InChI is InChI=1S/C15H22ClFN2/c1-18-8-7-14-4-2-3-9-19(14)11-12-10-13(16)5-6-15(12)17/h5-6,10,14,18H,2-4,7-9,11H2,1H3. The van der Waals surface area contributed by atoms with E-state index in [9.17, 15) is 4.39 Å². The molecule has 1 heterocycles. The molecule has 1 aliphatic heterocycles. The fourth-order valence-electron chi connectivity index (χ4n) is 2.79. The van der Waals surface area contributed by atoms with Crippen molar-refractivity contribution < 1.29 is 4.39 Å². The molecule has 1 aromatic carbocycles. The SMILES string of the molecule is CNCCC1CCCCN1Cc1cc(Cl)ccc1F. The molecular weight excluding hydrogens is 263 g/mol. The van der Waals surface area contributed by atoms with Gasteiger partial charge in [0.2, 0.25) is 0 Å². The third-order valence-corrected chi connectivity index (χ3v) is 4.09. The summed E-state index contributed by atoms with van der Waals surface area (Å²) in [7, 11) is 1.98. The summed E-state index contributed by atoms with van der Waals surface area (Å²) in [6.45, 7) is 2.74. The lowest BCUT2D eigenvalue weighted by Gasteiger charge is -2.36. The molecule has 2 nitrogen and oxygen atoms in total. The molecule has 1 fully saturated rings. The molecule has 1 aliphatic rings. The van der Waals surface area contributed by atoms with Gasteiger partial charge in [0, 0.05) is 23.2 Å². The van der Waals surface area contributed by atoms with Crippen LogP contribution in [0.15, 0.2) is 18.2 Å². The highest BCUT2D eigenvalue weighted by Gasteiger charge is 2.22. The predicted octanol–water partition coefficient (Wildman–Crippen LogP) is 3.44. The van der Waals surface area contributed by atoms with Crippen LogP contribution in [0.25, 0.3) is 0 Å². The number of benzene rings is 1. The number of hydrogen-bond acceptors (Lipinski definition) is 2. The molecule has 1 atom stereocenters. The zero-order valence-electron chi connectivity index (χ0n) is 11.5. The van der Waals surface area contributed by atoms with Crippen LogP contribution in [0.3, 0.4) is 0 Å². The molecule has 0 aromatic heterocycles. The Balaban J connectivity index is 2.04. The van der Waals surface area contributed by atoms with Gasteiger partial charge in [0.05, 0.1) is 0 Å². The maximum Gasteiger partial charge on any atom is 0.127 e. The van der Waals surface area contributed by atoms with Gasteiger partial charge in [-0.2, -0.15) is 0 Å². The minimum Gasteiger partial charge on any atom is -0.320 e. The summed E-state index contributed by atoms with van der Waals surface area (Å²) >= 11 is 5.96. The Morgan fingerprint density at radius 3 is 3.05 bits per heavy atom. The Labute approximate surface area is 119 Å². The van der Waals surface area contributed by atoms with E-state index in [1.807, 2.05) is 7.05 Å². The van der Waals surface area contributed by atoms with Gasteiger partial charge in [0.1, 0.15) is 5.82 Å². The number of nitrogens with zero attached hydrogens (tertiary/aromatic N) is 1. The molecule has 0 radical (unpaired) electrons. The molecule has 1 N–H and O–H groups in total. The molecule has 106 valence electrons. The van der Waals surface area contributed by atoms with E-state index >= 15 is 0 Å². The predicted molar refractivity (Wildman–Crippen MR) is 78.0 cm³/mol. The average Bonchev–Trinajstić information content (AvgIpc) is 2.42. The summed E-state index contributed by atoms with van der Waals surface area (Å²) in [6.07, 6.45) is 4.82. The van der Waals surface area contributed by atoms with E-state index in [4.69, 9.17) is 11.6 Å². The zero-order chi connectivity index (χ0) is 13.7. The maximum atomic E-state index is 13.8. The molecule has 0 spiro atoms. The molecule has 0 saturated carbocycles. The Morgan fingerprint density at radius 2 is 2.26 bits per heavy atom. The number of rotatable bonds is 5. The van der Waals surface area contributed by atoms with Crippen LogP contribution in [-0.4, -0.2) is 31.1 Å². The summed E-state index contributed by atoms with van der Waals surface area (Å²) in [4.78, 5) is 2.40. The third-order valence-electron chi connectivity index (χ3n) is 3.86. The van der Waals surface area contributed by atoms with E-state index in [2.05, 4.69) is 10.2 Å². The zero-order valence-corrected chi connectivity index (χ0v) is 12.2. The van der Waals surface area contributed by atoms with Crippen LogP contribution in [0.2, 0.25) is 5.02 Å². The van der Waals surface area contributed by atoms with Crippen LogP contribution >= 0.6 is 11.6 Å². The van der Waals surface area contributed by atoms with Gasteiger partial charge in [0.25, 0.3) is 0 Å². The van der Waals surface area contributed by atoms with Crippen molar-refractivity contribution in [2.45, 2.75) is 38.3 Å². The number of piperidine rings is 1. The van der Waals surface area contributed by atoms with Crippen LogP contribution in [0.1, 0.15) is 31.2 Å². The van der Waals surface area contributed by atoms with Crippen molar-refractivity contribution in [2.75, 3.05) is 20.1 Å². The maximum absolute atomic E-state index is 13.8. The highest BCUT2D eigenvalue weighted by molar-refractivity contribution is 6.30. The van der Waals surface area contributed by atoms with E-state index in [-0.39, 0.29) is 5.82 Å². The topological polar surface area (TPSA) is 15.3 Å². The van der Waals surface area contributed by atoms with Crippen molar-refractivity contribution in [3.05, 3.63) is 34.6 Å². The number of halogens is 2. The summed E-state index contributed by atoms with van der Waals surface area (Å²) in [5.74, 6) is -0.151. The fraction of sp³-hybridized carbons (Fsp3) is 0.600. The second-order valence-corrected chi connectivity index (χ2v) is 5.68. The number of nitrogens with one attached hydrogen (secondary N) is 1. The lowest BCUT2D eigenvalue weighted by molar-refractivity contribution is 0.131. The number of hydrogen-bond donors (Lipinski definition) is 1. The van der Waals surface area contributed by atoms with E-state index in [0.29, 0.717) is 23.2 Å². The van der Waals surface area contributed by atoms with Crippen LogP contribution in [-0.2, 0) is 6.54 Å². The van der Waals surface area contributed by atoms with Crippen LogP contribution < -0.4 is 5.32 Å². The van der Waals surface area contributed by atoms with Gasteiger partial charge in [0.15, 0.2) is 0 Å². The molecule has 2 rings (SSSR count). The minimum absolute atomic E-state index is 0.151. The minimum atomic E-state index is -0.151. The van der Waals surface area contributed by atoms with E-state index < -0.39 is 0 Å². The van der Waals surface area contributed by atoms with E-state index in [0.717, 1.165) is 19.5 Å². The van der Waals surface area contributed by atoms with Gasteiger partial charge in [-0.1, -0.05) is 18.0 Å². The summed E-state index contributed by atoms with van der Waals surface area (Å²) in [6, 6.07) is 5.37. The van der Waals surface area contributed by atoms with Crippen molar-refractivity contribution in [3.63, 3.8) is 0 Å². The summed E-state index contributed by atoms with van der Waals surface area (Å²) in [5.41, 5.74) is 0.712. The first-order chi connectivity index (χ1) is 9.20. The number of likely N-dealkylation sites (tertiary alicyclic amines) is 1. The van der Waals surface area contributed by atoms with Crippen LogP contribution in [0, 0.1) is 5.82 Å². The molecule has 0 amide bonds. The van der Waals surface area contributed by atoms with Gasteiger partial charge in [-0.05, 0) is 57.6 Å². The van der Waals surface area contributed by atoms with Gasteiger partial charge < -0.3 is 5.32 Å². The Morgan fingerprint density at radius 1 is 1.42 bits per heavy atom. The molecule has 1 aromatic rings. The van der Waals surface area contributed by atoms with Crippen molar-refractivity contribution in [3.8, 4) is 0 Å². The average molecular weight is 285 g/mol. The smallest absolute Gasteiger partial charge is 0.127 e. The van der Waals surface area contributed by atoms with Gasteiger partial charge in [-0.25, -0.2) is 4.39 Å². The van der Waals surface area contributed by atoms with Crippen LogP contribution in [0.5, 0.6) is 0 Å². The lowest BCUT2D eigenvalue weighted by Crippen LogP contribution is -2.40. The highest BCUT2D eigenvalue weighted by atomic mass is 35.5. The van der Waals surface area contributed by atoms with Gasteiger partial charge in [-0.15, -0.1) is 0 Å². The molecule has 0 bridgehead atoms. The van der Waals surface area contributed by atoms with Crippen molar-refractivity contribution in [1.29, 1.82) is 0 Å². The molecule has 19 heavy (non-hydrogen) atoms.